The summed E-state index contributed by atoms with van der Waals surface area (Å²) in [6.45, 7) is 3.23. The van der Waals surface area contributed by atoms with E-state index in [0.717, 1.165) is 11.5 Å². The van der Waals surface area contributed by atoms with Crippen LogP contribution in [0.1, 0.15) is 12.0 Å². The quantitative estimate of drug-likeness (QED) is 0.499. The summed E-state index contributed by atoms with van der Waals surface area (Å²) in [4.78, 5) is 26.1. The predicted molar refractivity (Wildman–Crippen MR) is 122 cm³/mol. The van der Waals surface area contributed by atoms with Crippen molar-refractivity contribution in [3.63, 3.8) is 0 Å². The van der Waals surface area contributed by atoms with Crippen LogP contribution >= 0.6 is 0 Å². The minimum absolute atomic E-state index is 0.0774. The van der Waals surface area contributed by atoms with E-state index in [1.54, 1.807) is 18.1 Å². The molecule has 1 heterocycles. The van der Waals surface area contributed by atoms with Crippen LogP contribution in [0.2, 0.25) is 0 Å². The molecule has 8 heteroatoms. The highest BCUT2D eigenvalue weighted by molar-refractivity contribution is 5.90. The predicted octanol–water partition coefficient (Wildman–Crippen LogP) is 3.14. The zero-order valence-corrected chi connectivity index (χ0v) is 18.4. The van der Waals surface area contributed by atoms with Gasteiger partial charge in [0.25, 0.3) is 0 Å². The van der Waals surface area contributed by atoms with Crippen LogP contribution in [0.25, 0.3) is 0 Å². The van der Waals surface area contributed by atoms with Crippen molar-refractivity contribution in [1.29, 1.82) is 0 Å². The summed E-state index contributed by atoms with van der Waals surface area (Å²) in [6, 6.07) is 17.1. The van der Waals surface area contributed by atoms with Crippen LogP contribution in [0.4, 0.5) is 5.69 Å². The molecule has 0 fully saturated rings. The number of rotatable bonds is 11. The van der Waals surface area contributed by atoms with Crippen LogP contribution in [0.5, 0.6) is 11.5 Å². The Morgan fingerprint density at radius 2 is 1.69 bits per heavy atom. The molecule has 2 amide bonds. The van der Waals surface area contributed by atoms with Gasteiger partial charge >= 0.3 is 0 Å². The van der Waals surface area contributed by atoms with Gasteiger partial charge in [0.2, 0.25) is 11.8 Å². The van der Waals surface area contributed by atoms with Crippen LogP contribution in [0, 0.1) is 6.92 Å². The van der Waals surface area contributed by atoms with Crippen LogP contribution in [-0.2, 0) is 16.1 Å². The Morgan fingerprint density at radius 1 is 1.00 bits per heavy atom. The van der Waals surface area contributed by atoms with E-state index < -0.39 is 0 Å². The van der Waals surface area contributed by atoms with Gasteiger partial charge in [-0.1, -0.05) is 35.9 Å². The van der Waals surface area contributed by atoms with Crippen molar-refractivity contribution in [1.82, 2.24) is 14.7 Å². The van der Waals surface area contributed by atoms with E-state index in [-0.39, 0.29) is 31.4 Å². The molecule has 0 unspecified atom stereocenters. The van der Waals surface area contributed by atoms with Gasteiger partial charge in [-0.3, -0.25) is 14.3 Å². The standard InChI is InChI=1S/C24H28N4O4/c1-19-8-10-22(11-9-19)32-15-13-27(2)24(30)18-28-17-20(16-25-28)26-23(29)12-14-31-21-6-4-3-5-7-21/h3-11,16-17H,12-15,18H2,1-2H3,(H,26,29). The Hall–Kier alpha value is -3.81. The average Bonchev–Trinajstić information content (AvgIpc) is 3.22. The Kier molecular flexibility index (Phi) is 8.25. The summed E-state index contributed by atoms with van der Waals surface area (Å²) >= 11 is 0. The first-order valence-electron chi connectivity index (χ1n) is 10.4. The van der Waals surface area contributed by atoms with Crippen LogP contribution < -0.4 is 14.8 Å². The number of nitrogens with zero attached hydrogens (tertiary/aromatic N) is 3. The Bertz CT molecular complexity index is 1000. The Balaban J connectivity index is 1.36. The molecule has 0 saturated heterocycles. The Labute approximate surface area is 187 Å². The number of nitrogens with one attached hydrogen (secondary N) is 1. The molecule has 0 spiro atoms. The SMILES string of the molecule is Cc1ccc(OCCN(C)C(=O)Cn2cc(NC(=O)CCOc3ccccc3)cn2)cc1. The van der Waals surface area contributed by atoms with Crippen molar-refractivity contribution < 1.29 is 19.1 Å². The highest BCUT2D eigenvalue weighted by Gasteiger charge is 2.12. The first-order chi connectivity index (χ1) is 15.5. The smallest absolute Gasteiger partial charge is 0.244 e. The number of likely N-dealkylation sites (N-methyl/N-ethyl adjacent to an activating group) is 1. The maximum atomic E-state index is 12.4. The van der Waals surface area contributed by atoms with Gasteiger partial charge in [-0.15, -0.1) is 0 Å². The van der Waals surface area contributed by atoms with E-state index >= 15 is 0 Å². The van der Waals surface area contributed by atoms with Gasteiger partial charge < -0.3 is 19.7 Å². The molecule has 1 aromatic heterocycles. The molecule has 2 aromatic carbocycles. The monoisotopic (exact) mass is 436 g/mol. The minimum Gasteiger partial charge on any atom is -0.493 e. The van der Waals surface area contributed by atoms with Gasteiger partial charge in [0.1, 0.15) is 24.7 Å². The van der Waals surface area contributed by atoms with Crippen molar-refractivity contribution in [2.45, 2.75) is 19.9 Å². The maximum absolute atomic E-state index is 12.4. The molecular weight excluding hydrogens is 408 g/mol. The number of benzene rings is 2. The summed E-state index contributed by atoms with van der Waals surface area (Å²) in [5, 5.41) is 6.91. The molecule has 0 aliphatic carbocycles. The van der Waals surface area contributed by atoms with E-state index in [1.165, 1.54) is 16.4 Å². The second-order valence-electron chi connectivity index (χ2n) is 7.36. The molecule has 8 nitrogen and oxygen atoms in total. The van der Waals surface area contributed by atoms with E-state index in [0.29, 0.717) is 18.8 Å². The molecule has 0 atom stereocenters. The van der Waals surface area contributed by atoms with Gasteiger partial charge in [-0.2, -0.15) is 5.10 Å². The zero-order chi connectivity index (χ0) is 22.8. The fraction of sp³-hybridized carbons (Fsp3) is 0.292. The third-order valence-electron chi connectivity index (χ3n) is 4.70. The molecule has 0 radical (unpaired) electrons. The molecule has 0 aliphatic heterocycles. The number of ether oxygens (including phenoxy) is 2. The number of hydrogen-bond donors (Lipinski definition) is 1. The Morgan fingerprint density at radius 3 is 2.44 bits per heavy atom. The van der Waals surface area contributed by atoms with Gasteiger partial charge in [-0.25, -0.2) is 0 Å². The number of carbonyl (C=O) groups excluding carboxylic acids is 2. The fourth-order valence-electron chi connectivity index (χ4n) is 2.84. The number of aromatic nitrogens is 2. The molecule has 0 saturated carbocycles. The lowest BCUT2D eigenvalue weighted by Crippen LogP contribution is -2.33. The van der Waals surface area contributed by atoms with E-state index in [9.17, 15) is 9.59 Å². The molecule has 3 rings (SSSR count). The topological polar surface area (TPSA) is 85.7 Å². The number of hydrogen-bond acceptors (Lipinski definition) is 5. The normalized spacial score (nSPS) is 10.4. The lowest BCUT2D eigenvalue weighted by atomic mass is 10.2. The van der Waals surface area contributed by atoms with Gasteiger partial charge in [-0.05, 0) is 31.2 Å². The zero-order valence-electron chi connectivity index (χ0n) is 18.4. The highest BCUT2D eigenvalue weighted by atomic mass is 16.5. The van der Waals surface area contributed by atoms with Gasteiger partial charge in [0.05, 0.1) is 31.5 Å². The number of anilines is 1. The largest absolute Gasteiger partial charge is 0.493 e. The number of amides is 2. The summed E-state index contributed by atoms with van der Waals surface area (Å²) < 4.78 is 12.7. The molecular formula is C24H28N4O4. The van der Waals surface area contributed by atoms with E-state index in [4.69, 9.17) is 9.47 Å². The highest BCUT2D eigenvalue weighted by Crippen LogP contribution is 2.12. The van der Waals surface area contributed by atoms with Crippen LogP contribution in [-0.4, -0.2) is 53.3 Å². The molecule has 1 N–H and O–H groups in total. The van der Waals surface area contributed by atoms with Crippen LogP contribution in [0.15, 0.2) is 67.0 Å². The second-order valence-corrected chi connectivity index (χ2v) is 7.36. The lowest BCUT2D eigenvalue weighted by Gasteiger charge is -2.17. The van der Waals surface area contributed by atoms with Crippen molar-refractivity contribution in [3.8, 4) is 11.5 Å². The molecule has 3 aromatic rings. The second kappa shape index (κ2) is 11.5. The average molecular weight is 437 g/mol. The first-order valence-corrected chi connectivity index (χ1v) is 10.4. The third-order valence-corrected chi connectivity index (χ3v) is 4.70. The number of carbonyl (C=O) groups is 2. The van der Waals surface area contributed by atoms with Crippen molar-refractivity contribution in [3.05, 3.63) is 72.6 Å². The number of para-hydroxylation sites is 1. The van der Waals surface area contributed by atoms with Crippen molar-refractivity contribution in [2.24, 2.45) is 0 Å². The first kappa shape index (κ1) is 22.9. The maximum Gasteiger partial charge on any atom is 0.244 e. The van der Waals surface area contributed by atoms with Crippen molar-refractivity contribution >= 4 is 17.5 Å². The van der Waals surface area contributed by atoms with Crippen molar-refractivity contribution in [2.75, 3.05) is 32.1 Å². The lowest BCUT2D eigenvalue weighted by molar-refractivity contribution is -0.131. The molecule has 32 heavy (non-hydrogen) atoms. The van der Waals surface area contributed by atoms with E-state index in [1.807, 2.05) is 61.5 Å². The van der Waals surface area contributed by atoms with E-state index in [2.05, 4.69) is 10.4 Å². The summed E-state index contributed by atoms with van der Waals surface area (Å²) in [6.07, 6.45) is 3.36. The summed E-state index contributed by atoms with van der Waals surface area (Å²) in [5.41, 5.74) is 1.70. The minimum atomic E-state index is -0.183. The third kappa shape index (κ3) is 7.46. The molecule has 168 valence electrons. The molecule has 0 aliphatic rings. The van der Waals surface area contributed by atoms with Crippen LogP contribution in [0.3, 0.4) is 0 Å². The summed E-state index contributed by atoms with van der Waals surface area (Å²) in [5.74, 6) is 1.21. The van der Waals surface area contributed by atoms with Gasteiger partial charge in [0.15, 0.2) is 0 Å². The molecule has 0 bridgehead atoms. The number of aryl methyl sites for hydroxylation is 1. The summed E-state index contributed by atoms with van der Waals surface area (Å²) in [7, 11) is 1.72. The van der Waals surface area contributed by atoms with Gasteiger partial charge in [0, 0.05) is 13.2 Å². The fourth-order valence-corrected chi connectivity index (χ4v) is 2.84.